The Morgan fingerprint density at radius 1 is 1.16 bits per heavy atom. The molecule has 4 rings (SSSR count). The molecule has 0 bridgehead atoms. The van der Waals surface area contributed by atoms with Crippen LogP contribution in [0.5, 0.6) is 0 Å². The summed E-state index contributed by atoms with van der Waals surface area (Å²) in [4.78, 5) is 28.0. The lowest BCUT2D eigenvalue weighted by Gasteiger charge is -2.44. The van der Waals surface area contributed by atoms with Crippen molar-refractivity contribution in [2.45, 2.75) is 63.8 Å². The normalized spacial score (nSPS) is 19.5. The zero-order chi connectivity index (χ0) is 27.7. The largest absolute Gasteiger partial charge is 0.477 e. The van der Waals surface area contributed by atoms with Gasteiger partial charge in [0.05, 0.1) is 39.7 Å². The van der Waals surface area contributed by atoms with Crippen molar-refractivity contribution in [3.05, 3.63) is 45.6 Å². The third-order valence-corrected chi connectivity index (χ3v) is 9.66. The molecule has 1 saturated carbocycles. The summed E-state index contributed by atoms with van der Waals surface area (Å²) < 4.78 is 28.3. The van der Waals surface area contributed by atoms with E-state index in [1.54, 1.807) is 6.07 Å². The fraction of sp³-hybridized carbons (Fsp3) is 0.464. The Kier molecular flexibility index (Phi) is 7.98. The molecule has 1 amide bonds. The first kappa shape index (κ1) is 27.8. The number of benzene rings is 1. The maximum absolute atomic E-state index is 13.7. The van der Waals surface area contributed by atoms with Crippen molar-refractivity contribution >= 4 is 38.9 Å². The van der Waals surface area contributed by atoms with Gasteiger partial charge in [-0.3, -0.25) is 4.79 Å². The van der Waals surface area contributed by atoms with E-state index in [2.05, 4.69) is 11.8 Å². The van der Waals surface area contributed by atoms with E-state index in [9.17, 15) is 28.4 Å². The van der Waals surface area contributed by atoms with Gasteiger partial charge in [0, 0.05) is 12.0 Å². The average molecular weight is 554 g/mol. The smallest absolute Gasteiger partial charge is 0.348 e. The van der Waals surface area contributed by atoms with Crippen molar-refractivity contribution in [3.8, 4) is 17.9 Å². The second-order valence-corrected chi connectivity index (χ2v) is 13.8. The van der Waals surface area contributed by atoms with E-state index in [0.29, 0.717) is 4.88 Å². The quantitative estimate of drug-likeness (QED) is 0.536. The van der Waals surface area contributed by atoms with Gasteiger partial charge in [-0.25, -0.2) is 13.2 Å². The van der Waals surface area contributed by atoms with Crippen molar-refractivity contribution in [1.29, 1.82) is 5.26 Å². The summed E-state index contributed by atoms with van der Waals surface area (Å²) in [6.45, 7) is 5.51. The Hall–Kier alpha value is -3.18. The lowest BCUT2D eigenvalue weighted by Crippen LogP contribution is -2.60. The van der Waals surface area contributed by atoms with E-state index < -0.39 is 34.5 Å². The monoisotopic (exact) mass is 553 g/mol. The molecule has 2 aliphatic rings. The fourth-order valence-electron chi connectivity index (χ4n) is 5.04. The predicted octanol–water partition coefficient (Wildman–Crippen LogP) is 4.70. The summed E-state index contributed by atoms with van der Waals surface area (Å²) in [5.41, 5.74) is 0.217. The van der Waals surface area contributed by atoms with Gasteiger partial charge >= 0.3 is 5.97 Å². The van der Waals surface area contributed by atoms with Gasteiger partial charge in [0.1, 0.15) is 4.88 Å². The molecule has 1 aromatic heterocycles. The molecule has 8 nitrogen and oxygen atoms in total. The van der Waals surface area contributed by atoms with Crippen molar-refractivity contribution in [2.24, 2.45) is 11.3 Å². The van der Waals surface area contributed by atoms with Gasteiger partial charge in [-0.15, -0.1) is 11.3 Å². The first-order chi connectivity index (χ1) is 17.9. The summed E-state index contributed by atoms with van der Waals surface area (Å²) >= 11 is 1.03. The highest BCUT2D eigenvalue weighted by Gasteiger charge is 2.44. The lowest BCUT2D eigenvalue weighted by atomic mass is 9.82. The number of carbonyl (C=O) groups excluding carboxylic acids is 1. The molecule has 0 spiro atoms. The minimum absolute atomic E-state index is 0.0235. The van der Waals surface area contributed by atoms with Crippen LogP contribution in [0.4, 0.5) is 5.69 Å². The van der Waals surface area contributed by atoms with E-state index in [4.69, 9.17) is 0 Å². The Morgan fingerprint density at radius 2 is 1.87 bits per heavy atom. The van der Waals surface area contributed by atoms with Crippen LogP contribution >= 0.6 is 11.3 Å². The van der Waals surface area contributed by atoms with Crippen molar-refractivity contribution in [2.75, 3.05) is 18.0 Å². The molecule has 1 atom stereocenters. The number of aromatic carboxylic acids is 1. The number of amides is 1. The fourth-order valence-corrected chi connectivity index (χ4v) is 7.34. The molecule has 1 N–H and O–H groups in total. The Labute approximate surface area is 227 Å². The first-order valence-corrected chi connectivity index (χ1v) is 14.9. The van der Waals surface area contributed by atoms with E-state index in [1.807, 2.05) is 26.8 Å². The van der Waals surface area contributed by atoms with Crippen LogP contribution in [-0.2, 0) is 14.8 Å². The van der Waals surface area contributed by atoms with Gasteiger partial charge in [0.25, 0.3) is 0 Å². The molecule has 1 aliphatic carbocycles. The van der Waals surface area contributed by atoms with Gasteiger partial charge in [-0.1, -0.05) is 37.2 Å². The average Bonchev–Trinajstić information content (AvgIpc) is 3.31. The maximum Gasteiger partial charge on any atom is 0.348 e. The second-order valence-electron chi connectivity index (χ2n) is 10.8. The lowest BCUT2D eigenvalue weighted by molar-refractivity contribution is -0.121. The van der Waals surface area contributed by atoms with Crippen LogP contribution < -0.4 is 4.90 Å². The minimum Gasteiger partial charge on any atom is -0.477 e. The Morgan fingerprint density at radius 3 is 2.50 bits per heavy atom. The highest BCUT2D eigenvalue weighted by molar-refractivity contribution is 7.89. The predicted molar refractivity (Wildman–Crippen MR) is 145 cm³/mol. The number of thiophene rings is 1. The van der Waals surface area contributed by atoms with Crippen LogP contribution in [0, 0.1) is 34.5 Å². The van der Waals surface area contributed by atoms with Crippen molar-refractivity contribution < 1.29 is 23.1 Å². The van der Waals surface area contributed by atoms with Crippen LogP contribution in [0.15, 0.2) is 35.2 Å². The molecular formula is C28H31N3O5S2. The Bertz CT molecular complexity index is 1450. The summed E-state index contributed by atoms with van der Waals surface area (Å²) in [6.07, 6.45) is 4.67. The van der Waals surface area contributed by atoms with E-state index in [-0.39, 0.29) is 38.9 Å². The number of sulfonamides is 1. The number of carboxylic acid groups (broad SMARTS) is 1. The molecule has 200 valence electrons. The molecule has 1 saturated heterocycles. The molecule has 10 heteroatoms. The molecular weight excluding hydrogens is 522 g/mol. The minimum atomic E-state index is -4.05. The molecule has 38 heavy (non-hydrogen) atoms. The van der Waals surface area contributed by atoms with Gasteiger partial charge in [-0.05, 0) is 63.8 Å². The molecule has 1 aromatic carbocycles. The van der Waals surface area contributed by atoms with Gasteiger partial charge in [0.15, 0.2) is 0 Å². The van der Waals surface area contributed by atoms with Crippen molar-refractivity contribution in [1.82, 2.24) is 4.31 Å². The molecule has 2 fully saturated rings. The SMILES string of the molecule is CC(C)(C)C#Cc1cc(N2C(=O)CN(S(=O)(=O)c3cccc(C#N)c3)CC2C2CCCCC2)c(C(=O)O)s1. The second kappa shape index (κ2) is 10.9. The molecule has 2 aromatic rings. The number of anilines is 1. The van der Waals surface area contributed by atoms with Crippen LogP contribution in [0.25, 0.3) is 0 Å². The standard InChI is InChI=1S/C28H31N3O5S2/c1-28(2,3)13-12-21-15-23(26(37-21)27(33)34)31-24(20-9-5-4-6-10-20)17-30(18-25(31)32)38(35,36)22-11-7-8-19(14-22)16-29/h7-8,11,14-15,20,24H,4-6,9-10,17-18H2,1-3H3,(H,33,34). The van der Waals surface area contributed by atoms with E-state index in [1.165, 1.54) is 33.5 Å². The number of hydrogen-bond donors (Lipinski definition) is 1. The molecule has 0 radical (unpaired) electrons. The van der Waals surface area contributed by atoms with Gasteiger partial charge in [0.2, 0.25) is 15.9 Å². The summed E-state index contributed by atoms with van der Waals surface area (Å²) in [6, 6.07) is 8.86. The number of rotatable bonds is 5. The zero-order valence-corrected chi connectivity index (χ0v) is 23.4. The molecule has 1 aliphatic heterocycles. The summed E-state index contributed by atoms with van der Waals surface area (Å²) in [5.74, 6) is 4.58. The van der Waals surface area contributed by atoms with E-state index >= 15 is 0 Å². The number of piperazine rings is 1. The number of hydrogen-bond acceptors (Lipinski definition) is 6. The number of nitriles is 1. The zero-order valence-electron chi connectivity index (χ0n) is 21.7. The topological polar surface area (TPSA) is 119 Å². The first-order valence-electron chi connectivity index (χ1n) is 12.6. The highest BCUT2D eigenvalue weighted by atomic mass is 32.2. The van der Waals surface area contributed by atoms with Crippen LogP contribution in [0.1, 0.15) is 73.0 Å². The molecule has 1 unspecified atom stereocenters. The third-order valence-electron chi connectivity index (χ3n) is 6.82. The van der Waals surface area contributed by atoms with Gasteiger partial charge < -0.3 is 10.0 Å². The van der Waals surface area contributed by atoms with E-state index in [0.717, 1.165) is 43.4 Å². The van der Waals surface area contributed by atoms with Crippen LogP contribution in [0.3, 0.4) is 0 Å². The highest BCUT2D eigenvalue weighted by Crippen LogP contribution is 2.39. The van der Waals surface area contributed by atoms with Gasteiger partial charge in [-0.2, -0.15) is 9.57 Å². The number of carbonyl (C=O) groups is 2. The number of nitrogens with zero attached hydrogens (tertiary/aromatic N) is 3. The third kappa shape index (κ3) is 5.94. The number of carboxylic acids is 1. The molecule has 2 heterocycles. The maximum atomic E-state index is 13.7. The summed E-state index contributed by atoms with van der Waals surface area (Å²) in [5, 5.41) is 19.2. The van der Waals surface area contributed by atoms with Crippen LogP contribution in [0.2, 0.25) is 0 Å². The van der Waals surface area contributed by atoms with Crippen LogP contribution in [-0.4, -0.2) is 48.8 Å². The van der Waals surface area contributed by atoms with Crippen molar-refractivity contribution in [3.63, 3.8) is 0 Å². The summed E-state index contributed by atoms with van der Waals surface area (Å²) in [7, 11) is -4.05. The Balaban J connectivity index is 1.76.